The number of amides is 1. The van der Waals surface area contributed by atoms with E-state index in [4.69, 9.17) is 9.47 Å². The first-order valence-corrected chi connectivity index (χ1v) is 8.30. The molecule has 0 bridgehead atoms. The van der Waals surface area contributed by atoms with Crippen LogP contribution in [0.4, 0.5) is 0 Å². The largest absolute Gasteiger partial charge is 0.480 e. The zero-order chi connectivity index (χ0) is 16.9. The molecule has 11 heteroatoms. The van der Waals surface area contributed by atoms with Crippen molar-refractivity contribution in [1.82, 2.24) is 35.1 Å². The Bertz CT molecular complexity index is 710. The van der Waals surface area contributed by atoms with Gasteiger partial charge in [-0.2, -0.15) is 4.98 Å². The second-order valence-electron chi connectivity index (χ2n) is 5.14. The highest BCUT2D eigenvalue weighted by Gasteiger charge is 2.28. The molecule has 1 saturated heterocycles. The number of methoxy groups -OCH3 is 1. The Morgan fingerprint density at radius 3 is 3.00 bits per heavy atom. The lowest BCUT2D eigenvalue weighted by molar-refractivity contribution is -0.127. The van der Waals surface area contributed by atoms with Crippen LogP contribution in [0.1, 0.15) is 6.42 Å². The summed E-state index contributed by atoms with van der Waals surface area (Å²) in [5, 5.41) is 11.7. The molecule has 1 fully saturated rings. The van der Waals surface area contributed by atoms with Gasteiger partial charge in [0.15, 0.2) is 0 Å². The van der Waals surface area contributed by atoms with Crippen LogP contribution in [0, 0.1) is 0 Å². The van der Waals surface area contributed by atoms with Crippen molar-refractivity contribution in [3.8, 4) is 11.8 Å². The molecule has 0 aromatic carbocycles. The highest BCUT2D eigenvalue weighted by Crippen LogP contribution is 2.20. The fourth-order valence-electron chi connectivity index (χ4n) is 2.27. The van der Waals surface area contributed by atoms with Crippen LogP contribution in [0.25, 0.3) is 0 Å². The van der Waals surface area contributed by atoms with Gasteiger partial charge in [0.1, 0.15) is 6.10 Å². The molecule has 0 N–H and O–H groups in total. The van der Waals surface area contributed by atoms with E-state index in [0.29, 0.717) is 35.8 Å². The third-order valence-corrected chi connectivity index (χ3v) is 4.49. The number of carbonyl (C=O) groups excluding carboxylic acids is 1. The predicted molar refractivity (Wildman–Crippen MR) is 83.7 cm³/mol. The topological polar surface area (TPSA) is 108 Å². The Morgan fingerprint density at radius 2 is 2.25 bits per heavy atom. The van der Waals surface area contributed by atoms with Crippen molar-refractivity contribution in [3.05, 3.63) is 12.4 Å². The quantitative estimate of drug-likeness (QED) is 0.653. The minimum atomic E-state index is -0.100. The van der Waals surface area contributed by atoms with Crippen molar-refractivity contribution in [3.63, 3.8) is 0 Å². The maximum atomic E-state index is 12.3. The van der Waals surface area contributed by atoms with E-state index in [1.165, 1.54) is 35.9 Å². The summed E-state index contributed by atoms with van der Waals surface area (Å²) in [6, 6.07) is 0. The van der Waals surface area contributed by atoms with Gasteiger partial charge in [0.25, 0.3) is 0 Å². The molecule has 1 unspecified atom stereocenters. The van der Waals surface area contributed by atoms with Crippen molar-refractivity contribution in [1.29, 1.82) is 0 Å². The number of likely N-dealkylation sites (tertiary alicyclic amines) is 1. The van der Waals surface area contributed by atoms with Crippen molar-refractivity contribution in [2.75, 3.05) is 26.0 Å². The number of nitrogens with zero attached hydrogens (tertiary/aromatic N) is 7. The first kappa shape index (κ1) is 16.4. The lowest BCUT2D eigenvalue weighted by Gasteiger charge is -2.16. The van der Waals surface area contributed by atoms with Crippen LogP contribution in [-0.2, 0) is 11.8 Å². The number of hydrogen-bond acceptors (Lipinski definition) is 9. The Morgan fingerprint density at radius 1 is 1.42 bits per heavy atom. The van der Waals surface area contributed by atoms with Crippen LogP contribution in [0.5, 0.6) is 11.8 Å². The van der Waals surface area contributed by atoms with Crippen molar-refractivity contribution in [2.24, 2.45) is 7.05 Å². The summed E-state index contributed by atoms with van der Waals surface area (Å²) in [4.78, 5) is 22.2. The number of rotatable bonds is 6. The molecule has 3 rings (SSSR count). The maximum absolute atomic E-state index is 12.3. The van der Waals surface area contributed by atoms with E-state index in [-0.39, 0.29) is 12.0 Å². The van der Waals surface area contributed by atoms with Crippen LogP contribution < -0.4 is 9.47 Å². The van der Waals surface area contributed by atoms with Gasteiger partial charge < -0.3 is 14.4 Å². The van der Waals surface area contributed by atoms with E-state index >= 15 is 0 Å². The average molecular weight is 351 g/mol. The fraction of sp³-hybridized carbons (Fsp3) is 0.538. The number of tetrazole rings is 1. The SMILES string of the molecule is COc1cncc(OC2CCN(C(=O)CSc3nnnn3C)C2)n1. The number of ether oxygens (including phenoxy) is 2. The molecule has 1 aliphatic rings. The Balaban J connectivity index is 1.49. The lowest BCUT2D eigenvalue weighted by Crippen LogP contribution is -2.32. The highest BCUT2D eigenvalue weighted by atomic mass is 32.2. The Hall–Kier alpha value is -2.43. The zero-order valence-corrected chi connectivity index (χ0v) is 14.1. The van der Waals surface area contributed by atoms with Gasteiger partial charge >= 0.3 is 0 Å². The predicted octanol–water partition coefficient (Wildman–Crippen LogP) is -0.219. The number of aromatic nitrogens is 6. The van der Waals surface area contributed by atoms with E-state index in [2.05, 4.69) is 25.5 Å². The molecule has 2 aromatic heterocycles. The molecule has 0 spiro atoms. The van der Waals surface area contributed by atoms with E-state index < -0.39 is 0 Å². The van der Waals surface area contributed by atoms with E-state index in [1.54, 1.807) is 11.9 Å². The Labute approximate surface area is 142 Å². The fourth-order valence-corrected chi connectivity index (χ4v) is 3.02. The third-order valence-electron chi connectivity index (χ3n) is 3.49. The van der Waals surface area contributed by atoms with Crippen LogP contribution in [0.15, 0.2) is 17.6 Å². The van der Waals surface area contributed by atoms with Gasteiger partial charge in [-0.05, 0) is 10.4 Å². The molecule has 1 atom stereocenters. The summed E-state index contributed by atoms with van der Waals surface area (Å²) in [7, 11) is 3.26. The first-order chi connectivity index (χ1) is 11.7. The molecule has 1 amide bonds. The minimum Gasteiger partial charge on any atom is -0.480 e. The van der Waals surface area contributed by atoms with Crippen molar-refractivity contribution >= 4 is 17.7 Å². The van der Waals surface area contributed by atoms with E-state index in [1.807, 2.05) is 0 Å². The standard InChI is InChI=1S/C13H17N7O3S/c1-19-13(16-17-18-19)24-8-12(21)20-4-3-9(7-20)23-11-6-14-5-10(15-11)22-2/h5-6,9H,3-4,7-8H2,1-2H3. The molecular formula is C13H17N7O3S. The van der Waals surface area contributed by atoms with Crippen molar-refractivity contribution < 1.29 is 14.3 Å². The van der Waals surface area contributed by atoms with Crippen LogP contribution in [0.2, 0.25) is 0 Å². The maximum Gasteiger partial charge on any atom is 0.235 e. The monoisotopic (exact) mass is 351 g/mol. The molecule has 3 heterocycles. The van der Waals surface area contributed by atoms with Gasteiger partial charge in [-0.1, -0.05) is 11.8 Å². The molecule has 2 aromatic rings. The highest BCUT2D eigenvalue weighted by molar-refractivity contribution is 7.99. The lowest BCUT2D eigenvalue weighted by atomic mass is 10.3. The Kier molecular flexibility index (Phi) is 5.08. The molecule has 10 nitrogen and oxygen atoms in total. The second-order valence-corrected chi connectivity index (χ2v) is 6.08. The molecule has 0 radical (unpaired) electrons. The van der Waals surface area contributed by atoms with Crippen molar-refractivity contribution in [2.45, 2.75) is 17.7 Å². The molecule has 128 valence electrons. The van der Waals surface area contributed by atoms with Gasteiger partial charge in [0.05, 0.1) is 31.8 Å². The van der Waals surface area contributed by atoms with Gasteiger partial charge in [-0.15, -0.1) is 5.10 Å². The molecule has 1 aliphatic heterocycles. The molecule has 0 aliphatic carbocycles. The zero-order valence-electron chi connectivity index (χ0n) is 13.3. The second kappa shape index (κ2) is 7.43. The van der Waals surface area contributed by atoms with Crippen LogP contribution in [-0.4, -0.2) is 73.0 Å². The summed E-state index contributed by atoms with van der Waals surface area (Å²) in [6.45, 7) is 1.17. The summed E-state index contributed by atoms with van der Waals surface area (Å²) >= 11 is 1.31. The van der Waals surface area contributed by atoms with E-state index in [9.17, 15) is 4.79 Å². The summed E-state index contributed by atoms with van der Waals surface area (Å²) in [5.41, 5.74) is 0. The smallest absolute Gasteiger partial charge is 0.235 e. The minimum absolute atomic E-state index is 0.0332. The number of aryl methyl sites for hydroxylation is 1. The molecule has 0 saturated carbocycles. The van der Waals surface area contributed by atoms with Crippen LogP contribution >= 0.6 is 11.8 Å². The van der Waals surface area contributed by atoms with Crippen LogP contribution in [0.3, 0.4) is 0 Å². The van der Waals surface area contributed by atoms with Gasteiger partial charge in [0, 0.05) is 20.0 Å². The first-order valence-electron chi connectivity index (χ1n) is 7.31. The van der Waals surface area contributed by atoms with Gasteiger partial charge in [0.2, 0.25) is 22.8 Å². The summed E-state index contributed by atoms with van der Waals surface area (Å²) in [5.74, 6) is 1.12. The average Bonchev–Trinajstić information content (AvgIpc) is 3.22. The number of thioether (sulfide) groups is 1. The number of hydrogen-bond donors (Lipinski definition) is 0. The molecular weight excluding hydrogens is 334 g/mol. The van der Waals surface area contributed by atoms with Gasteiger partial charge in [-0.25, -0.2) is 4.68 Å². The summed E-state index contributed by atoms with van der Waals surface area (Å²) < 4.78 is 12.3. The van der Waals surface area contributed by atoms with Gasteiger partial charge in [-0.3, -0.25) is 9.78 Å². The normalized spacial score (nSPS) is 17.1. The molecule has 24 heavy (non-hydrogen) atoms. The number of carbonyl (C=O) groups is 1. The van der Waals surface area contributed by atoms with E-state index in [0.717, 1.165) is 6.42 Å². The summed E-state index contributed by atoms with van der Waals surface area (Å²) in [6.07, 6.45) is 3.69. The third kappa shape index (κ3) is 3.91.